The first-order valence-electron chi connectivity index (χ1n) is 16.6. The van der Waals surface area contributed by atoms with Crippen molar-refractivity contribution in [2.75, 3.05) is 59.9 Å². The number of nitrogens with zero attached hydrogens (tertiary/aromatic N) is 4. The summed E-state index contributed by atoms with van der Waals surface area (Å²) in [6.45, 7) is 4.08. The highest BCUT2D eigenvalue weighted by Gasteiger charge is 2.25. The molecule has 0 saturated carbocycles. The Morgan fingerprint density at radius 1 is 1.02 bits per heavy atom. The minimum atomic E-state index is -0.128. The molecule has 10 nitrogen and oxygen atoms in total. The molecule has 0 radical (unpaired) electrons. The Labute approximate surface area is 292 Å². The number of hydrogen-bond acceptors (Lipinski definition) is 8. The summed E-state index contributed by atoms with van der Waals surface area (Å²) in [5, 5.41) is 4.44. The summed E-state index contributed by atoms with van der Waals surface area (Å²) in [5.41, 5.74) is 4.77. The third-order valence-corrected chi connectivity index (χ3v) is 9.60. The molecule has 2 aromatic heterocycles. The number of carbonyl (C=O) groups is 1. The van der Waals surface area contributed by atoms with Crippen LogP contribution in [0.25, 0.3) is 11.0 Å². The second kappa shape index (κ2) is 15.7. The summed E-state index contributed by atoms with van der Waals surface area (Å²) < 4.78 is 24.0. The lowest BCUT2D eigenvalue weighted by molar-refractivity contribution is 0.0781. The molecule has 1 aliphatic rings. The number of aromatic nitrogens is 2. The van der Waals surface area contributed by atoms with Gasteiger partial charge >= 0.3 is 0 Å². The first-order valence-corrected chi connectivity index (χ1v) is 17.0. The number of likely N-dealkylation sites (N-methyl/N-ethyl adjacent to an activating group) is 1. The third kappa shape index (κ3) is 7.98. The molecule has 3 aromatic carbocycles. The molecule has 1 fully saturated rings. The standard InChI is InChI=1S/C38H44ClN5O5/c1-42(37(45)29-21-34(46-2)36(48-4)35(22-29)47-3)24-28(27-8-7-9-30(39)20-27)12-16-43-17-13-31(14-18-43)40-38-41-32-10-5-6-11-33(32)44(38)23-26-15-19-49-25-26/h5-11,15,19-22,25,28,31H,12-14,16-18,23-24H2,1-4H3,(H,40,41). The number of hydrogen-bond donors (Lipinski definition) is 1. The molecule has 3 heterocycles. The van der Waals surface area contributed by atoms with E-state index >= 15 is 0 Å². The van der Waals surface area contributed by atoms with Crippen LogP contribution in [-0.4, -0.2) is 85.9 Å². The number of amides is 1. The molecule has 0 bridgehead atoms. The molecule has 5 aromatic rings. The van der Waals surface area contributed by atoms with Gasteiger partial charge in [0.2, 0.25) is 11.7 Å². The minimum Gasteiger partial charge on any atom is -0.493 e. The van der Waals surface area contributed by atoms with Crippen LogP contribution < -0.4 is 19.5 Å². The van der Waals surface area contributed by atoms with Gasteiger partial charge in [0.15, 0.2) is 11.5 Å². The van der Waals surface area contributed by atoms with E-state index < -0.39 is 0 Å². The number of fused-ring (bicyclic) bond motifs is 1. The molecule has 11 heteroatoms. The molecule has 258 valence electrons. The number of halogens is 1. The van der Waals surface area contributed by atoms with Gasteiger partial charge in [-0.25, -0.2) is 4.98 Å². The lowest BCUT2D eigenvalue weighted by atomic mass is 9.94. The van der Waals surface area contributed by atoms with Gasteiger partial charge in [0.1, 0.15) is 0 Å². The Kier molecular flexibility index (Phi) is 11.0. The van der Waals surface area contributed by atoms with Crippen LogP contribution in [0.3, 0.4) is 0 Å². The largest absolute Gasteiger partial charge is 0.493 e. The molecule has 1 N–H and O–H groups in total. The van der Waals surface area contributed by atoms with E-state index in [4.69, 9.17) is 35.2 Å². The zero-order chi connectivity index (χ0) is 34.3. The lowest BCUT2D eigenvalue weighted by Gasteiger charge is -2.34. The molecule has 1 amide bonds. The topological polar surface area (TPSA) is 94.2 Å². The van der Waals surface area contributed by atoms with Gasteiger partial charge in [-0.1, -0.05) is 35.9 Å². The summed E-state index contributed by atoms with van der Waals surface area (Å²) in [4.78, 5) is 22.9. The SMILES string of the molecule is COc1cc(C(=O)N(C)CC(CCN2CCC(Nc3nc4ccccc4n3Cc3ccoc3)CC2)c2cccc(Cl)c2)cc(OC)c1OC. The Hall–Kier alpha value is -4.67. The fourth-order valence-electron chi connectivity index (χ4n) is 6.70. The van der Waals surface area contributed by atoms with E-state index in [1.807, 2.05) is 37.4 Å². The fourth-order valence-corrected chi connectivity index (χ4v) is 6.89. The van der Waals surface area contributed by atoms with Crippen LogP contribution in [0.2, 0.25) is 5.02 Å². The van der Waals surface area contributed by atoms with Gasteiger partial charge in [0.25, 0.3) is 5.91 Å². The number of methoxy groups -OCH3 is 3. The van der Waals surface area contributed by atoms with Crippen LogP contribution in [0.5, 0.6) is 17.2 Å². The number of imidazole rings is 1. The normalized spacial score (nSPS) is 14.5. The summed E-state index contributed by atoms with van der Waals surface area (Å²) in [5.74, 6) is 2.19. The highest BCUT2D eigenvalue weighted by molar-refractivity contribution is 6.30. The number of ether oxygens (including phenoxy) is 3. The van der Waals surface area contributed by atoms with Gasteiger partial charge in [-0.3, -0.25) is 4.79 Å². The summed E-state index contributed by atoms with van der Waals surface area (Å²) in [7, 11) is 6.47. The maximum atomic E-state index is 13.7. The Balaban J connectivity index is 1.10. The first kappa shape index (κ1) is 34.2. The summed E-state index contributed by atoms with van der Waals surface area (Å²) >= 11 is 6.44. The number of likely N-dealkylation sites (tertiary alicyclic amines) is 1. The van der Waals surface area contributed by atoms with Crippen molar-refractivity contribution < 1.29 is 23.4 Å². The molecular formula is C38H44ClN5O5. The van der Waals surface area contributed by atoms with Crippen molar-refractivity contribution in [2.45, 2.75) is 37.8 Å². The number of carbonyl (C=O) groups excluding carboxylic acids is 1. The van der Waals surface area contributed by atoms with Crippen LogP contribution in [0.15, 0.2) is 83.7 Å². The molecule has 1 atom stereocenters. The number of benzene rings is 3. The number of para-hydroxylation sites is 2. The average molecular weight is 686 g/mol. The average Bonchev–Trinajstić information content (AvgIpc) is 3.77. The number of anilines is 1. The van der Waals surface area contributed by atoms with Gasteiger partial charge in [0.05, 0.1) is 51.4 Å². The van der Waals surface area contributed by atoms with Crippen molar-refractivity contribution >= 4 is 34.5 Å². The van der Waals surface area contributed by atoms with Crippen molar-refractivity contribution in [3.8, 4) is 17.2 Å². The number of rotatable bonds is 14. The maximum Gasteiger partial charge on any atom is 0.253 e. The van der Waals surface area contributed by atoms with Gasteiger partial charge in [-0.2, -0.15) is 0 Å². The zero-order valence-corrected chi connectivity index (χ0v) is 29.3. The van der Waals surface area contributed by atoms with E-state index in [0.717, 1.165) is 67.0 Å². The van der Waals surface area contributed by atoms with Crippen LogP contribution in [0, 0.1) is 0 Å². The van der Waals surface area contributed by atoms with E-state index in [1.54, 1.807) is 50.9 Å². The van der Waals surface area contributed by atoms with Crippen molar-refractivity contribution in [3.05, 3.63) is 101 Å². The predicted molar refractivity (Wildman–Crippen MR) is 192 cm³/mol. The van der Waals surface area contributed by atoms with E-state index in [9.17, 15) is 4.79 Å². The molecule has 1 saturated heterocycles. The smallest absolute Gasteiger partial charge is 0.253 e. The Morgan fingerprint density at radius 2 is 1.78 bits per heavy atom. The van der Waals surface area contributed by atoms with E-state index in [1.165, 1.54) is 0 Å². The van der Waals surface area contributed by atoms with Gasteiger partial charge < -0.3 is 38.3 Å². The molecule has 49 heavy (non-hydrogen) atoms. The maximum absolute atomic E-state index is 13.7. The van der Waals surface area contributed by atoms with Crippen molar-refractivity contribution in [3.63, 3.8) is 0 Å². The van der Waals surface area contributed by atoms with E-state index in [2.05, 4.69) is 39.0 Å². The quantitative estimate of drug-likeness (QED) is 0.131. The van der Waals surface area contributed by atoms with Crippen molar-refractivity contribution in [1.82, 2.24) is 19.4 Å². The van der Waals surface area contributed by atoms with Gasteiger partial charge in [0, 0.05) is 54.8 Å². The van der Waals surface area contributed by atoms with Crippen LogP contribution in [0.4, 0.5) is 5.95 Å². The molecule has 1 unspecified atom stereocenters. The Bertz CT molecular complexity index is 1830. The second-order valence-electron chi connectivity index (χ2n) is 12.5. The molecular weight excluding hydrogens is 642 g/mol. The van der Waals surface area contributed by atoms with Crippen LogP contribution in [-0.2, 0) is 6.54 Å². The second-order valence-corrected chi connectivity index (χ2v) is 13.0. The van der Waals surface area contributed by atoms with Crippen LogP contribution in [0.1, 0.15) is 46.7 Å². The predicted octanol–water partition coefficient (Wildman–Crippen LogP) is 7.18. The fraction of sp³-hybridized carbons (Fsp3) is 0.368. The highest BCUT2D eigenvalue weighted by Crippen LogP contribution is 2.38. The highest BCUT2D eigenvalue weighted by atomic mass is 35.5. The lowest BCUT2D eigenvalue weighted by Crippen LogP contribution is -2.40. The van der Waals surface area contributed by atoms with Gasteiger partial charge in [-0.05, 0) is 73.8 Å². The number of piperidine rings is 1. The Morgan fingerprint density at radius 3 is 2.45 bits per heavy atom. The third-order valence-electron chi connectivity index (χ3n) is 9.36. The molecule has 0 spiro atoms. The van der Waals surface area contributed by atoms with Gasteiger partial charge in [-0.15, -0.1) is 0 Å². The molecule has 0 aliphatic carbocycles. The molecule has 6 rings (SSSR count). The zero-order valence-electron chi connectivity index (χ0n) is 28.5. The summed E-state index contributed by atoms with van der Waals surface area (Å²) in [6.07, 6.45) is 6.40. The monoisotopic (exact) mass is 685 g/mol. The van der Waals surface area contributed by atoms with Crippen molar-refractivity contribution in [2.24, 2.45) is 0 Å². The van der Waals surface area contributed by atoms with Crippen molar-refractivity contribution in [1.29, 1.82) is 0 Å². The number of furan rings is 1. The van der Waals surface area contributed by atoms with E-state index in [-0.39, 0.29) is 11.8 Å². The minimum absolute atomic E-state index is 0.0911. The van der Waals surface area contributed by atoms with E-state index in [0.29, 0.717) is 47.0 Å². The first-order chi connectivity index (χ1) is 23.9. The number of nitrogens with one attached hydrogen (secondary N) is 1. The van der Waals surface area contributed by atoms with Crippen LogP contribution >= 0.6 is 11.6 Å². The molecule has 1 aliphatic heterocycles. The summed E-state index contributed by atoms with van der Waals surface area (Å²) in [6, 6.07) is 21.9.